The normalized spacial score (nSPS) is 32.6. The Balaban J connectivity index is 1.93. The summed E-state index contributed by atoms with van der Waals surface area (Å²) in [4.78, 5) is 39.9. The van der Waals surface area contributed by atoms with E-state index in [1.807, 2.05) is 0 Å². The van der Waals surface area contributed by atoms with E-state index < -0.39 is 48.5 Å². The third-order valence-corrected chi connectivity index (χ3v) is 7.03. The summed E-state index contributed by atoms with van der Waals surface area (Å²) in [5.74, 6) is -2.63. The number of phosphoric acid groups is 3. The maximum Gasteiger partial charge on any atom is 0.490 e. The predicted molar refractivity (Wildman–Crippen MR) is 86.4 cm³/mol. The number of hydrogen-bond donors (Lipinski definition) is 6. The lowest BCUT2D eigenvalue weighted by molar-refractivity contribution is -0.199. The van der Waals surface area contributed by atoms with Crippen LogP contribution in [-0.4, -0.2) is 60.5 Å². The van der Waals surface area contributed by atoms with E-state index in [9.17, 15) is 28.1 Å². The average molecular weight is 471 g/mol. The zero-order chi connectivity index (χ0) is 21.4. The van der Waals surface area contributed by atoms with Gasteiger partial charge in [-0.15, -0.1) is 0 Å². The van der Waals surface area contributed by atoms with Crippen molar-refractivity contribution < 1.29 is 60.6 Å². The molecule has 1 saturated heterocycles. The zero-order valence-electron chi connectivity index (χ0n) is 13.7. The summed E-state index contributed by atoms with van der Waals surface area (Å²) in [6, 6.07) is 0. The molecule has 0 saturated carbocycles. The number of phosphoric ester groups is 1. The number of aliphatic hydroxyl groups excluding tert-OH is 1. The summed E-state index contributed by atoms with van der Waals surface area (Å²) in [6.07, 6.45) is -0.253. The maximum absolute atomic E-state index is 14.6. The second-order valence-corrected chi connectivity index (χ2v) is 9.94. The number of nitrogens with zero attached hydrogens (tertiary/aromatic N) is 2. The van der Waals surface area contributed by atoms with Gasteiger partial charge in [0.25, 0.3) is 0 Å². The number of alkyl halides is 1. The minimum atomic E-state index is -5.71. The monoisotopic (exact) mass is 471 g/mol. The van der Waals surface area contributed by atoms with Crippen molar-refractivity contribution in [1.29, 1.82) is 0 Å². The first-order chi connectivity index (χ1) is 12.6. The van der Waals surface area contributed by atoms with Crippen molar-refractivity contribution in [3.8, 4) is 0 Å². The fourth-order valence-corrected chi connectivity index (χ4v) is 5.28. The molecule has 0 aromatic rings. The Morgan fingerprint density at radius 3 is 2.50 bits per heavy atom. The Labute approximate surface area is 156 Å². The minimum absolute atomic E-state index is 0.00686. The van der Waals surface area contributed by atoms with Gasteiger partial charge in [-0.25, -0.2) is 23.1 Å². The quantitative estimate of drug-likeness (QED) is 0.247. The lowest BCUT2D eigenvalue weighted by atomic mass is 10.2. The highest BCUT2D eigenvalue weighted by Gasteiger charge is 2.47. The topological polar surface area (TPSA) is 231 Å². The molecule has 19 heteroatoms. The number of aliphatic imine (C=N–C) groups is 1. The van der Waals surface area contributed by atoms with E-state index in [0.29, 0.717) is 0 Å². The number of halogens is 1. The standard InChI is InChI=1S/C9H17FN3O12P3/c10-9(3-1-7(23-9)13-4-2-6(11)12-8(13)14)5-22-27(18,19)25-28(20,21)24-26(15,16)17/h2,4,7-8,14H,1,3,5H2,(H2,11,12)(H,18,19)(H,20,21)(H2,15,16,17)/t7-,8?,9+/m1/s1. The Morgan fingerprint density at radius 2 is 1.93 bits per heavy atom. The average Bonchev–Trinajstić information content (AvgIpc) is 2.84. The van der Waals surface area contributed by atoms with Crippen LogP contribution in [0.1, 0.15) is 12.8 Å². The van der Waals surface area contributed by atoms with Gasteiger partial charge in [-0.2, -0.15) is 8.62 Å². The molecule has 162 valence electrons. The van der Waals surface area contributed by atoms with E-state index in [1.54, 1.807) is 0 Å². The van der Waals surface area contributed by atoms with Crippen LogP contribution in [-0.2, 0) is 31.6 Å². The first-order valence-electron chi connectivity index (χ1n) is 7.22. The largest absolute Gasteiger partial charge is 0.490 e. The molecule has 0 aromatic carbocycles. The molecule has 7 N–H and O–H groups in total. The molecule has 15 nitrogen and oxygen atoms in total. The van der Waals surface area contributed by atoms with Crippen LogP contribution in [0.5, 0.6) is 0 Å². The summed E-state index contributed by atoms with van der Waals surface area (Å²) in [5, 5.41) is 9.78. The zero-order valence-corrected chi connectivity index (χ0v) is 16.4. The molecule has 2 aliphatic rings. The molecule has 0 radical (unpaired) electrons. The summed E-state index contributed by atoms with van der Waals surface area (Å²) >= 11 is 0. The molecule has 2 heterocycles. The van der Waals surface area contributed by atoms with Crippen LogP contribution in [0.4, 0.5) is 4.39 Å². The number of aliphatic hydroxyl groups is 1. The summed E-state index contributed by atoms with van der Waals surface area (Å²) < 4.78 is 64.3. The van der Waals surface area contributed by atoms with Gasteiger partial charge in [-0.05, 0) is 12.5 Å². The Kier molecular flexibility index (Phi) is 6.88. The first kappa shape index (κ1) is 23.5. The van der Waals surface area contributed by atoms with Crippen LogP contribution in [0.25, 0.3) is 0 Å². The van der Waals surface area contributed by atoms with Gasteiger partial charge in [0, 0.05) is 12.6 Å². The van der Waals surface area contributed by atoms with Gasteiger partial charge in [-0.3, -0.25) is 4.52 Å². The fraction of sp³-hybridized carbons (Fsp3) is 0.667. The summed E-state index contributed by atoms with van der Waals surface area (Å²) in [6.45, 7) is -1.26. The van der Waals surface area contributed by atoms with Crippen molar-refractivity contribution in [2.75, 3.05) is 6.61 Å². The molecule has 2 rings (SSSR count). The molecule has 0 aromatic heterocycles. The maximum atomic E-state index is 14.6. The molecule has 0 spiro atoms. The Hall–Kier alpha value is -0.730. The Morgan fingerprint density at radius 1 is 1.29 bits per heavy atom. The predicted octanol–water partition coefficient (Wildman–Crippen LogP) is -0.406. The number of amidine groups is 1. The van der Waals surface area contributed by atoms with Crippen molar-refractivity contribution >= 4 is 29.3 Å². The molecule has 28 heavy (non-hydrogen) atoms. The molecular formula is C9H17FN3O12P3. The van der Waals surface area contributed by atoms with Gasteiger partial charge >= 0.3 is 23.5 Å². The van der Waals surface area contributed by atoms with E-state index in [4.69, 9.17) is 25.2 Å². The summed E-state index contributed by atoms with van der Waals surface area (Å²) in [5.41, 5.74) is 5.39. The van der Waals surface area contributed by atoms with Crippen LogP contribution in [0.2, 0.25) is 0 Å². The van der Waals surface area contributed by atoms with Gasteiger partial charge in [0.15, 0.2) is 0 Å². The lowest BCUT2D eigenvalue weighted by Crippen LogP contribution is -2.43. The second kappa shape index (κ2) is 8.19. The molecule has 1 fully saturated rings. The van der Waals surface area contributed by atoms with Gasteiger partial charge in [0.1, 0.15) is 18.7 Å². The van der Waals surface area contributed by atoms with Gasteiger partial charge in [0.05, 0.1) is 0 Å². The first-order valence-corrected chi connectivity index (χ1v) is 11.7. The molecule has 2 aliphatic heterocycles. The van der Waals surface area contributed by atoms with Crippen LogP contribution in [0.15, 0.2) is 17.3 Å². The molecule has 5 atom stereocenters. The smallest absolute Gasteiger partial charge is 0.384 e. The van der Waals surface area contributed by atoms with Crippen molar-refractivity contribution in [1.82, 2.24) is 4.90 Å². The van der Waals surface area contributed by atoms with Crippen molar-refractivity contribution in [3.05, 3.63) is 12.3 Å². The van der Waals surface area contributed by atoms with Crippen molar-refractivity contribution in [2.45, 2.75) is 31.3 Å². The van der Waals surface area contributed by atoms with Crippen LogP contribution in [0.3, 0.4) is 0 Å². The number of hydrogen-bond acceptors (Lipinski definition) is 11. The summed E-state index contributed by atoms with van der Waals surface area (Å²) in [7, 11) is -16.7. The minimum Gasteiger partial charge on any atom is -0.384 e. The van der Waals surface area contributed by atoms with Crippen LogP contribution < -0.4 is 5.73 Å². The highest BCUT2D eigenvalue weighted by Crippen LogP contribution is 2.66. The Bertz CT molecular complexity index is 802. The number of nitrogens with two attached hydrogens (primary N) is 1. The number of ether oxygens (including phenoxy) is 1. The second-order valence-electron chi connectivity index (χ2n) is 5.52. The van der Waals surface area contributed by atoms with E-state index in [-0.39, 0.29) is 18.7 Å². The third-order valence-electron chi connectivity index (χ3n) is 3.25. The van der Waals surface area contributed by atoms with Crippen LogP contribution in [0, 0.1) is 0 Å². The third kappa shape index (κ3) is 6.95. The molecular weight excluding hydrogens is 454 g/mol. The van der Waals surface area contributed by atoms with Crippen LogP contribution >= 0.6 is 23.5 Å². The number of rotatable bonds is 8. The molecule has 0 bridgehead atoms. The van der Waals surface area contributed by atoms with Crippen molar-refractivity contribution in [3.63, 3.8) is 0 Å². The highest BCUT2D eigenvalue weighted by atomic mass is 31.3. The van der Waals surface area contributed by atoms with E-state index in [2.05, 4.69) is 18.1 Å². The molecule has 3 unspecified atom stereocenters. The SMILES string of the molecule is NC1=NC(O)N([C@H]2CC[C@@](F)(COP(=O)(O)OP(=O)(O)OP(=O)(O)O)O2)C=C1. The fourth-order valence-electron chi connectivity index (χ4n) is 2.23. The van der Waals surface area contributed by atoms with Gasteiger partial charge < -0.3 is 40.1 Å². The van der Waals surface area contributed by atoms with E-state index in [1.165, 1.54) is 12.3 Å². The van der Waals surface area contributed by atoms with Gasteiger partial charge in [-0.1, -0.05) is 0 Å². The molecule has 0 aliphatic carbocycles. The lowest BCUT2D eigenvalue weighted by Gasteiger charge is -2.32. The highest BCUT2D eigenvalue weighted by molar-refractivity contribution is 7.66. The van der Waals surface area contributed by atoms with E-state index in [0.717, 1.165) is 4.90 Å². The van der Waals surface area contributed by atoms with Crippen molar-refractivity contribution in [2.24, 2.45) is 10.7 Å². The van der Waals surface area contributed by atoms with Gasteiger partial charge in [0.2, 0.25) is 12.2 Å². The van der Waals surface area contributed by atoms with E-state index >= 15 is 0 Å². The molecule has 0 amide bonds.